The van der Waals surface area contributed by atoms with Crippen molar-refractivity contribution in [2.24, 2.45) is 5.92 Å². The SMILES string of the molecule is Cc1ccc(CC(=O)N2CCC(CC3CC3)(c3noc(-c4cccnc4)n3)CC2)cc1. The molecule has 0 atom stereocenters. The van der Waals surface area contributed by atoms with Gasteiger partial charge in [-0.15, -0.1) is 0 Å². The van der Waals surface area contributed by atoms with Gasteiger partial charge in [-0.2, -0.15) is 4.98 Å². The second-order valence-electron chi connectivity index (χ2n) is 9.14. The van der Waals surface area contributed by atoms with E-state index in [1.54, 1.807) is 12.4 Å². The summed E-state index contributed by atoms with van der Waals surface area (Å²) in [6.45, 7) is 3.55. The second-order valence-corrected chi connectivity index (χ2v) is 9.14. The van der Waals surface area contributed by atoms with Gasteiger partial charge in [0.05, 0.1) is 12.0 Å². The van der Waals surface area contributed by atoms with Gasteiger partial charge in [-0.1, -0.05) is 47.8 Å². The predicted octanol–water partition coefficient (Wildman–Crippen LogP) is 4.34. The topological polar surface area (TPSA) is 72.1 Å². The lowest BCUT2D eigenvalue weighted by Crippen LogP contribution is -2.46. The van der Waals surface area contributed by atoms with E-state index in [4.69, 9.17) is 9.51 Å². The van der Waals surface area contributed by atoms with E-state index in [2.05, 4.69) is 29.2 Å². The maximum atomic E-state index is 12.9. The number of aromatic nitrogens is 3. The molecule has 1 aliphatic carbocycles. The number of rotatable bonds is 6. The number of likely N-dealkylation sites (tertiary alicyclic amines) is 1. The Kier molecular flexibility index (Phi) is 5.30. The van der Waals surface area contributed by atoms with Crippen LogP contribution in [0.5, 0.6) is 0 Å². The highest BCUT2D eigenvalue weighted by molar-refractivity contribution is 5.79. The van der Waals surface area contributed by atoms with Crippen molar-refractivity contribution in [1.29, 1.82) is 0 Å². The first-order valence-electron chi connectivity index (χ1n) is 11.2. The number of aryl methyl sites for hydroxylation is 1. The molecule has 160 valence electrons. The summed E-state index contributed by atoms with van der Waals surface area (Å²) in [5, 5.41) is 4.40. The van der Waals surface area contributed by atoms with Crippen LogP contribution in [0.25, 0.3) is 11.5 Å². The number of amides is 1. The monoisotopic (exact) mass is 416 g/mol. The highest BCUT2D eigenvalue weighted by atomic mass is 16.5. The van der Waals surface area contributed by atoms with Crippen LogP contribution in [0.2, 0.25) is 0 Å². The summed E-state index contributed by atoms with van der Waals surface area (Å²) < 4.78 is 5.61. The lowest BCUT2D eigenvalue weighted by molar-refractivity contribution is -0.132. The second kappa shape index (κ2) is 8.25. The van der Waals surface area contributed by atoms with Crippen molar-refractivity contribution < 1.29 is 9.32 Å². The van der Waals surface area contributed by atoms with Crippen LogP contribution < -0.4 is 0 Å². The standard InChI is InChI=1S/C25H28N4O2/c1-18-4-6-19(7-5-18)15-22(30)29-13-10-25(11-14-29,16-20-8-9-20)24-27-23(31-28-24)21-3-2-12-26-17-21/h2-7,12,17,20H,8-11,13-16H2,1H3. The first kappa shape index (κ1) is 19.9. The van der Waals surface area contributed by atoms with Gasteiger partial charge in [-0.05, 0) is 49.8 Å². The molecule has 2 fully saturated rings. The van der Waals surface area contributed by atoms with Crippen LogP contribution in [-0.4, -0.2) is 39.0 Å². The van der Waals surface area contributed by atoms with Crippen LogP contribution in [0.4, 0.5) is 0 Å². The molecule has 0 unspecified atom stereocenters. The third kappa shape index (κ3) is 4.38. The van der Waals surface area contributed by atoms with E-state index in [1.807, 2.05) is 29.2 Å². The van der Waals surface area contributed by atoms with E-state index in [0.717, 1.165) is 55.2 Å². The third-order valence-electron chi connectivity index (χ3n) is 6.73. The van der Waals surface area contributed by atoms with Crippen LogP contribution >= 0.6 is 0 Å². The number of piperidine rings is 1. The fraction of sp³-hybridized carbons (Fsp3) is 0.440. The minimum Gasteiger partial charge on any atom is -0.342 e. The Morgan fingerprint density at radius 2 is 1.94 bits per heavy atom. The van der Waals surface area contributed by atoms with E-state index in [-0.39, 0.29) is 11.3 Å². The van der Waals surface area contributed by atoms with Crippen LogP contribution in [0.15, 0.2) is 53.3 Å². The zero-order valence-corrected chi connectivity index (χ0v) is 18.0. The molecule has 3 heterocycles. The average molecular weight is 417 g/mol. The van der Waals surface area contributed by atoms with Crippen molar-refractivity contribution in [1.82, 2.24) is 20.0 Å². The lowest BCUT2D eigenvalue weighted by Gasteiger charge is -2.40. The molecular formula is C25H28N4O2. The first-order valence-corrected chi connectivity index (χ1v) is 11.2. The Hall–Kier alpha value is -3.02. The Morgan fingerprint density at radius 3 is 2.61 bits per heavy atom. The Morgan fingerprint density at radius 1 is 1.16 bits per heavy atom. The number of pyridine rings is 1. The smallest absolute Gasteiger partial charge is 0.259 e. The average Bonchev–Trinajstić information content (AvgIpc) is 3.46. The zero-order valence-electron chi connectivity index (χ0n) is 18.0. The van der Waals surface area contributed by atoms with Crippen molar-refractivity contribution in [2.75, 3.05) is 13.1 Å². The van der Waals surface area contributed by atoms with Gasteiger partial charge in [0.2, 0.25) is 5.91 Å². The fourth-order valence-corrected chi connectivity index (χ4v) is 4.62. The molecule has 3 aromatic rings. The Labute approximate surface area is 182 Å². The summed E-state index contributed by atoms with van der Waals surface area (Å²) in [5.74, 6) is 2.27. The van der Waals surface area contributed by atoms with Gasteiger partial charge in [0.25, 0.3) is 5.89 Å². The number of hydrogen-bond acceptors (Lipinski definition) is 5. The number of carbonyl (C=O) groups is 1. The number of nitrogens with zero attached hydrogens (tertiary/aromatic N) is 4. The van der Waals surface area contributed by atoms with Gasteiger partial charge in [-0.3, -0.25) is 9.78 Å². The number of benzene rings is 1. The molecule has 0 bridgehead atoms. The van der Waals surface area contributed by atoms with Crippen molar-refractivity contribution in [2.45, 2.75) is 50.9 Å². The number of hydrogen-bond donors (Lipinski definition) is 0. The molecule has 1 aromatic carbocycles. The molecule has 1 saturated carbocycles. The van der Waals surface area contributed by atoms with Crippen LogP contribution in [0, 0.1) is 12.8 Å². The van der Waals surface area contributed by atoms with Gasteiger partial charge in [0.1, 0.15) is 0 Å². The fourth-order valence-electron chi connectivity index (χ4n) is 4.62. The van der Waals surface area contributed by atoms with Crippen LogP contribution in [0.3, 0.4) is 0 Å². The van der Waals surface area contributed by atoms with Crippen molar-refractivity contribution in [3.05, 3.63) is 65.7 Å². The van der Waals surface area contributed by atoms with Crippen LogP contribution in [-0.2, 0) is 16.6 Å². The van der Waals surface area contributed by atoms with Crippen molar-refractivity contribution in [3.63, 3.8) is 0 Å². The van der Waals surface area contributed by atoms with Gasteiger partial charge in [0.15, 0.2) is 5.82 Å². The van der Waals surface area contributed by atoms with E-state index in [1.165, 1.54) is 18.4 Å². The molecule has 1 aliphatic heterocycles. The molecule has 1 amide bonds. The predicted molar refractivity (Wildman–Crippen MR) is 117 cm³/mol. The third-order valence-corrected chi connectivity index (χ3v) is 6.73. The molecule has 0 spiro atoms. The van der Waals surface area contributed by atoms with Crippen LogP contribution in [0.1, 0.15) is 49.1 Å². The van der Waals surface area contributed by atoms with Gasteiger partial charge in [-0.25, -0.2) is 0 Å². The molecule has 2 aromatic heterocycles. The molecule has 0 N–H and O–H groups in total. The summed E-state index contributed by atoms with van der Waals surface area (Å²) in [5.41, 5.74) is 3.02. The maximum absolute atomic E-state index is 12.9. The minimum absolute atomic E-state index is 0.105. The molecule has 1 saturated heterocycles. The number of carbonyl (C=O) groups excluding carboxylic acids is 1. The summed E-state index contributed by atoms with van der Waals surface area (Å²) in [6, 6.07) is 12.0. The molecule has 31 heavy (non-hydrogen) atoms. The molecule has 0 radical (unpaired) electrons. The van der Waals surface area contributed by atoms with Gasteiger partial charge < -0.3 is 9.42 Å². The Bertz CT molecular complexity index is 1030. The minimum atomic E-state index is -0.105. The van der Waals surface area contributed by atoms with Gasteiger partial charge in [0, 0.05) is 30.9 Å². The summed E-state index contributed by atoms with van der Waals surface area (Å²) in [6.07, 6.45) is 9.36. The highest BCUT2D eigenvalue weighted by Gasteiger charge is 2.44. The largest absolute Gasteiger partial charge is 0.342 e. The van der Waals surface area contributed by atoms with E-state index in [9.17, 15) is 4.79 Å². The molecule has 6 nitrogen and oxygen atoms in total. The first-order chi connectivity index (χ1) is 15.1. The quantitative estimate of drug-likeness (QED) is 0.598. The maximum Gasteiger partial charge on any atom is 0.259 e. The molecule has 6 heteroatoms. The zero-order chi connectivity index (χ0) is 21.3. The van der Waals surface area contributed by atoms with Crippen molar-refractivity contribution in [3.8, 4) is 11.5 Å². The van der Waals surface area contributed by atoms with E-state index in [0.29, 0.717) is 12.3 Å². The van der Waals surface area contributed by atoms with Gasteiger partial charge >= 0.3 is 0 Å². The summed E-state index contributed by atoms with van der Waals surface area (Å²) >= 11 is 0. The van der Waals surface area contributed by atoms with E-state index < -0.39 is 0 Å². The molecular weight excluding hydrogens is 388 g/mol. The molecule has 5 rings (SSSR count). The molecule has 2 aliphatic rings. The summed E-state index contributed by atoms with van der Waals surface area (Å²) in [4.78, 5) is 23.8. The van der Waals surface area contributed by atoms with Crippen molar-refractivity contribution >= 4 is 5.91 Å². The summed E-state index contributed by atoms with van der Waals surface area (Å²) in [7, 11) is 0. The Balaban J connectivity index is 1.30. The normalized spacial score (nSPS) is 18.2. The lowest BCUT2D eigenvalue weighted by atomic mass is 9.73. The highest BCUT2D eigenvalue weighted by Crippen LogP contribution is 2.46. The van der Waals surface area contributed by atoms with E-state index >= 15 is 0 Å².